The third kappa shape index (κ3) is 8.47. The third-order valence-corrected chi connectivity index (χ3v) is 1.70. The van der Waals surface area contributed by atoms with E-state index in [4.69, 9.17) is 34.8 Å². The van der Waals surface area contributed by atoms with Gasteiger partial charge >= 0.3 is 0 Å². The van der Waals surface area contributed by atoms with E-state index in [1.807, 2.05) is 0 Å². The standard InChI is InChI=1S/C9H11Cl3N4/c1-3-5-13-7(10)15-9(12)16-8(11)14-6-4-2/h3-4H,1-2,5-6H2,(H,13,14,15,16). The zero-order valence-electron chi connectivity index (χ0n) is 8.46. The van der Waals surface area contributed by atoms with Gasteiger partial charge in [0.15, 0.2) is 5.29 Å². The monoisotopic (exact) mass is 280 g/mol. The molecule has 0 aliphatic rings. The van der Waals surface area contributed by atoms with E-state index in [0.29, 0.717) is 13.1 Å². The van der Waals surface area contributed by atoms with Crippen molar-refractivity contribution in [3.63, 3.8) is 0 Å². The highest BCUT2D eigenvalue weighted by Crippen LogP contribution is 1.94. The highest BCUT2D eigenvalue weighted by atomic mass is 35.5. The summed E-state index contributed by atoms with van der Waals surface area (Å²) in [6, 6.07) is 0. The molecule has 0 fully saturated rings. The van der Waals surface area contributed by atoms with Crippen LogP contribution in [0.5, 0.6) is 0 Å². The molecule has 0 amide bonds. The molecule has 0 atom stereocenters. The molecule has 0 saturated heterocycles. The molecule has 0 aliphatic carbocycles. The van der Waals surface area contributed by atoms with Gasteiger partial charge in [-0.3, -0.25) is 9.98 Å². The van der Waals surface area contributed by atoms with Gasteiger partial charge in [-0.05, 0) is 34.8 Å². The van der Waals surface area contributed by atoms with Crippen LogP contribution in [0.3, 0.4) is 0 Å². The SMILES string of the molecule is C=CCN=C(Cl)/N=C(\Cl)NC(Cl)=NCC=C. The largest absolute Gasteiger partial charge is 0.305 e. The maximum atomic E-state index is 5.69. The maximum absolute atomic E-state index is 5.69. The van der Waals surface area contributed by atoms with E-state index in [9.17, 15) is 0 Å². The summed E-state index contributed by atoms with van der Waals surface area (Å²) in [4.78, 5) is 11.4. The smallest absolute Gasteiger partial charge is 0.220 e. The molecular weight excluding hydrogens is 270 g/mol. The number of nitrogens with zero attached hydrogens (tertiary/aromatic N) is 3. The highest BCUT2D eigenvalue weighted by Gasteiger charge is 1.98. The number of halogens is 3. The van der Waals surface area contributed by atoms with E-state index in [0.717, 1.165) is 0 Å². The lowest BCUT2D eigenvalue weighted by atomic mass is 10.6. The Morgan fingerprint density at radius 3 is 2.12 bits per heavy atom. The van der Waals surface area contributed by atoms with Crippen LogP contribution >= 0.6 is 34.8 Å². The molecule has 0 aromatic heterocycles. The van der Waals surface area contributed by atoms with Gasteiger partial charge in [-0.25, -0.2) is 0 Å². The summed E-state index contributed by atoms with van der Waals surface area (Å²) in [5, 5.41) is 2.60. The zero-order valence-corrected chi connectivity index (χ0v) is 10.7. The van der Waals surface area contributed by atoms with Gasteiger partial charge < -0.3 is 5.32 Å². The lowest BCUT2D eigenvalue weighted by Gasteiger charge is -1.99. The fourth-order valence-corrected chi connectivity index (χ4v) is 1.13. The third-order valence-electron chi connectivity index (χ3n) is 1.11. The Labute approximate surface area is 109 Å². The van der Waals surface area contributed by atoms with Crippen molar-refractivity contribution in [1.82, 2.24) is 5.32 Å². The van der Waals surface area contributed by atoms with Crippen LogP contribution in [0.25, 0.3) is 0 Å². The lowest BCUT2D eigenvalue weighted by Crippen LogP contribution is -2.23. The van der Waals surface area contributed by atoms with Gasteiger partial charge in [0.2, 0.25) is 10.6 Å². The minimum Gasteiger partial charge on any atom is -0.305 e. The van der Waals surface area contributed by atoms with Crippen LogP contribution in [0.1, 0.15) is 0 Å². The second-order valence-electron chi connectivity index (χ2n) is 2.35. The molecule has 0 aromatic rings. The number of nitrogens with one attached hydrogen (secondary N) is 1. The summed E-state index contributed by atoms with van der Waals surface area (Å²) in [6.45, 7) is 7.72. The van der Waals surface area contributed by atoms with Crippen molar-refractivity contribution in [3.05, 3.63) is 25.3 Å². The molecule has 0 aromatic carbocycles. The Morgan fingerprint density at radius 2 is 1.56 bits per heavy atom. The molecule has 4 nitrogen and oxygen atoms in total. The van der Waals surface area contributed by atoms with Crippen molar-refractivity contribution in [2.24, 2.45) is 15.0 Å². The first-order valence-corrected chi connectivity index (χ1v) is 5.36. The molecule has 0 heterocycles. The molecule has 0 radical (unpaired) electrons. The molecule has 88 valence electrons. The fraction of sp³-hybridized carbons (Fsp3) is 0.222. The molecule has 0 bridgehead atoms. The zero-order chi connectivity index (χ0) is 12.4. The summed E-state index contributed by atoms with van der Waals surface area (Å²) < 4.78 is 0. The van der Waals surface area contributed by atoms with Gasteiger partial charge in [0.1, 0.15) is 0 Å². The number of rotatable bonds is 4. The van der Waals surface area contributed by atoms with E-state index in [1.165, 1.54) is 0 Å². The van der Waals surface area contributed by atoms with Crippen molar-refractivity contribution in [2.75, 3.05) is 13.1 Å². The second kappa shape index (κ2) is 9.39. The van der Waals surface area contributed by atoms with Crippen molar-refractivity contribution in [3.8, 4) is 0 Å². The summed E-state index contributed by atoms with van der Waals surface area (Å²) in [5.74, 6) is 0. The Morgan fingerprint density at radius 1 is 1.00 bits per heavy atom. The Bertz CT molecular complexity index is 334. The Balaban J connectivity index is 4.33. The van der Waals surface area contributed by atoms with Gasteiger partial charge in [0.05, 0.1) is 13.1 Å². The van der Waals surface area contributed by atoms with Crippen molar-refractivity contribution in [2.45, 2.75) is 0 Å². The molecule has 16 heavy (non-hydrogen) atoms. The lowest BCUT2D eigenvalue weighted by molar-refractivity contribution is 1.22. The fourth-order valence-electron chi connectivity index (χ4n) is 0.554. The van der Waals surface area contributed by atoms with E-state index in [-0.39, 0.29) is 15.9 Å². The normalized spacial score (nSPS) is 13.6. The number of hydrogen-bond acceptors (Lipinski definition) is 2. The predicted octanol–water partition coefficient (Wildman–Crippen LogP) is 2.73. The summed E-state index contributed by atoms with van der Waals surface area (Å²) >= 11 is 17.0. The van der Waals surface area contributed by atoms with Gasteiger partial charge in [0.25, 0.3) is 0 Å². The van der Waals surface area contributed by atoms with Crippen LogP contribution in [0.4, 0.5) is 0 Å². The topological polar surface area (TPSA) is 49.1 Å². The molecular formula is C9H11Cl3N4. The molecule has 0 spiro atoms. The molecule has 0 aliphatic heterocycles. The van der Waals surface area contributed by atoms with Crippen LogP contribution in [0.15, 0.2) is 40.3 Å². The van der Waals surface area contributed by atoms with Crippen molar-refractivity contribution < 1.29 is 0 Å². The summed E-state index contributed by atoms with van der Waals surface area (Å²) in [6.07, 6.45) is 3.17. The molecule has 7 heteroatoms. The first-order valence-electron chi connectivity index (χ1n) is 4.23. The van der Waals surface area contributed by atoms with E-state index >= 15 is 0 Å². The molecule has 0 saturated carbocycles. The number of amidine groups is 3. The van der Waals surface area contributed by atoms with Crippen LogP contribution in [-0.4, -0.2) is 29.0 Å². The molecule has 0 unspecified atom stereocenters. The first-order chi connectivity index (χ1) is 7.60. The molecule has 0 rings (SSSR count). The Kier molecular flexibility index (Phi) is 8.90. The first kappa shape index (κ1) is 15.2. The van der Waals surface area contributed by atoms with Gasteiger partial charge in [0, 0.05) is 0 Å². The quantitative estimate of drug-likeness (QED) is 0.366. The Hall–Kier alpha value is -0.840. The summed E-state index contributed by atoms with van der Waals surface area (Å²) in [7, 11) is 0. The van der Waals surface area contributed by atoms with Gasteiger partial charge in [-0.1, -0.05) is 12.2 Å². The maximum Gasteiger partial charge on any atom is 0.220 e. The average molecular weight is 282 g/mol. The minimum absolute atomic E-state index is 0.00517. The highest BCUT2D eigenvalue weighted by molar-refractivity contribution is 6.75. The molecule has 1 N–H and O–H groups in total. The number of hydrogen-bond donors (Lipinski definition) is 1. The van der Waals surface area contributed by atoms with Crippen LogP contribution in [-0.2, 0) is 0 Å². The van der Waals surface area contributed by atoms with Gasteiger partial charge in [-0.2, -0.15) is 4.99 Å². The van der Waals surface area contributed by atoms with Crippen LogP contribution in [0.2, 0.25) is 0 Å². The van der Waals surface area contributed by atoms with Crippen molar-refractivity contribution >= 4 is 50.7 Å². The minimum atomic E-state index is -0.0179. The average Bonchev–Trinajstić information content (AvgIpc) is 2.23. The van der Waals surface area contributed by atoms with E-state index in [1.54, 1.807) is 12.2 Å². The van der Waals surface area contributed by atoms with Gasteiger partial charge in [-0.15, -0.1) is 13.2 Å². The van der Waals surface area contributed by atoms with Crippen LogP contribution < -0.4 is 5.32 Å². The van der Waals surface area contributed by atoms with E-state index in [2.05, 4.69) is 33.5 Å². The second-order valence-corrected chi connectivity index (χ2v) is 3.40. The summed E-state index contributed by atoms with van der Waals surface area (Å²) in [5.41, 5.74) is 0. The van der Waals surface area contributed by atoms with Crippen molar-refractivity contribution in [1.29, 1.82) is 0 Å². The van der Waals surface area contributed by atoms with E-state index < -0.39 is 0 Å². The predicted molar refractivity (Wildman–Crippen MR) is 73.1 cm³/mol. The number of aliphatic imine (C=N–C) groups is 3. The van der Waals surface area contributed by atoms with Crippen LogP contribution in [0, 0.1) is 0 Å².